The van der Waals surface area contributed by atoms with Gasteiger partial charge in [0.1, 0.15) is 0 Å². The maximum Gasteiger partial charge on any atom is 0.0435 e. The molecule has 0 radical (unpaired) electrons. The quantitative estimate of drug-likeness (QED) is 0.163. The van der Waals surface area contributed by atoms with Gasteiger partial charge in [-0.2, -0.15) is 0 Å². The van der Waals surface area contributed by atoms with E-state index in [0.717, 1.165) is 0 Å². The molecule has 0 saturated carbocycles. The van der Waals surface area contributed by atoms with Crippen LogP contribution in [0, 0.1) is 0 Å². The minimum atomic E-state index is -0.1000. The van der Waals surface area contributed by atoms with Crippen LogP contribution in [-0.4, -0.2) is 0 Å². The highest BCUT2D eigenvalue weighted by atomic mass is 14.4. The van der Waals surface area contributed by atoms with Crippen molar-refractivity contribution < 1.29 is 0 Å². The van der Waals surface area contributed by atoms with Gasteiger partial charge < -0.3 is 0 Å². The van der Waals surface area contributed by atoms with Crippen molar-refractivity contribution in [3.63, 3.8) is 0 Å². The molecule has 2 aliphatic carbocycles. The van der Waals surface area contributed by atoms with Gasteiger partial charge in [0.25, 0.3) is 0 Å². The average Bonchev–Trinajstić information content (AvgIpc) is 3.65. The van der Waals surface area contributed by atoms with Gasteiger partial charge in [0.2, 0.25) is 0 Å². The van der Waals surface area contributed by atoms with Gasteiger partial charge in [0, 0.05) is 11.3 Å². The van der Waals surface area contributed by atoms with Crippen molar-refractivity contribution in [1.82, 2.24) is 0 Å². The van der Waals surface area contributed by atoms with Gasteiger partial charge in [0.05, 0.1) is 0 Å². The molecule has 0 N–H and O–H groups in total. The van der Waals surface area contributed by atoms with Crippen LogP contribution in [0.4, 0.5) is 0 Å². The van der Waals surface area contributed by atoms with E-state index in [4.69, 9.17) is 0 Å². The molecular weight excluding hydrogens is 613 g/mol. The number of benzene rings is 7. The van der Waals surface area contributed by atoms with Crippen molar-refractivity contribution in [2.24, 2.45) is 0 Å². The molecule has 7 aromatic rings. The van der Waals surface area contributed by atoms with Crippen LogP contribution in [0.25, 0.3) is 43.8 Å². The van der Waals surface area contributed by atoms with Crippen molar-refractivity contribution in [3.8, 4) is 22.3 Å². The molecule has 0 aromatic heterocycles. The minimum absolute atomic E-state index is 0. The van der Waals surface area contributed by atoms with Gasteiger partial charge in [0.15, 0.2) is 0 Å². The van der Waals surface area contributed by atoms with E-state index < -0.39 is 0 Å². The molecule has 264 valence electrons. The Morgan fingerprint density at radius 1 is 0.373 bits per heavy atom. The normalized spacial score (nSPS) is 13.1. The summed E-state index contributed by atoms with van der Waals surface area (Å²) in [7, 11) is 0. The Labute approximate surface area is 310 Å². The molecule has 0 amide bonds. The molecule has 0 heteroatoms. The first-order valence-corrected chi connectivity index (χ1v) is 18.9. The molecule has 0 bridgehead atoms. The lowest BCUT2D eigenvalue weighted by molar-refractivity contribution is 0.715. The molecule has 0 nitrogen and oxygen atoms in total. The summed E-state index contributed by atoms with van der Waals surface area (Å²) < 4.78 is 0. The standard InChI is InChI=1S/C24H18.C18H14.4C2H6.CH4/c1-24(19-15-14-17-8-2-3-9-18(17)16-19)22-12-6-4-10-20(22)21-11-5-7-13-23(21)24;1-12-15-8-4-5-9-16(15)18-11-14-7-3-2-6-13(14)10-17(12)18;4*1-2;/h2-16H,1H3;2-12H,1H3;4*1-2H3;1H4. The van der Waals surface area contributed by atoms with Gasteiger partial charge >= 0.3 is 0 Å². The smallest absolute Gasteiger partial charge is 0.0435 e. The van der Waals surface area contributed by atoms with Crippen molar-refractivity contribution in [2.45, 2.75) is 88.0 Å². The van der Waals surface area contributed by atoms with Crippen LogP contribution in [-0.2, 0) is 5.41 Å². The van der Waals surface area contributed by atoms with Gasteiger partial charge in [-0.3, -0.25) is 0 Å². The average molecular weight is 673 g/mol. The lowest BCUT2D eigenvalue weighted by atomic mass is 9.74. The van der Waals surface area contributed by atoms with Crippen molar-refractivity contribution >= 4 is 21.5 Å². The van der Waals surface area contributed by atoms with Crippen LogP contribution in [0.5, 0.6) is 0 Å². The summed E-state index contributed by atoms with van der Waals surface area (Å²) in [6.45, 7) is 20.7. The van der Waals surface area contributed by atoms with E-state index >= 15 is 0 Å². The highest BCUT2D eigenvalue weighted by molar-refractivity contribution is 5.92. The van der Waals surface area contributed by atoms with E-state index in [9.17, 15) is 0 Å². The van der Waals surface area contributed by atoms with E-state index in [0.29, 0.717) is 5.92 Å². The molecule has 9 rings (SSSR count). The zero-order chi connectivity index (χ0) is 36.3. The summed E-state index contributed by atoms with van der Waals surface area (Å²) in [6, 6.07) is 55.2. The number of fused-ring (bicyclic) bond motifs is 8. The molecule has 7 aromatic carbocycles. The Bertz CT molecular complexity index is 2080. The summed E-state index contributed by atoms with van der Waals surface area (Å²) in [5.41, 5.74) is 12.5. The molecule has 0 saturated heterocycles. The maximum absolute atomic E-state index is 2.36. The predicted octanol–water partition coefficient (Wildman–Crippen LogP) is 15.9. The van der Waals surface area contributed by atoms with Crippen LogP contribution < -0.4 is 0 Å². The molecule has 2 aliphatic rings. The van der Waals surface area contributed by atoms with Crippen LogP contribution in [0.2, 0.25) is 0 Å². The van der Waals surface area contributed by atoms with E-state index in [1.54, 1.807) is 0 Å². The highest BCUT2D eigenvalue weighted by Gasteiger charge is 2.40. The first-order chi connectivity index (χ1) is 24.6. The SMILES string of the molecule is C.CC.CC.CC.CC.CC1(c2ccc3ccccc3c2)c2ccccc2-c2ccccc21.CC1c2ccccc2-c2cc3ccccc3cc21. The first kappa shape index (κ1) is 40.5. The van der Waals surface area contributed by atoms with Crippen LogP contribution >= 0.6 is 0 Å². The largest absolute Gasteiger partial charge is 0.0776 e. The van der Waals surface area contributed by atoms with Gasteiger partial charge in [-0.25, -0.2) is 0 Å². The van der Waals surface area contributed by atoms with Crippen molar-refractivity contribution in [3.05, 3.63) is 179 Å². The second-order valence-corrected chi connectivity index (χ2v) is 11.9. The third-order valence-electron chi connectivity index (χ3n) is 9.65. The fraction of sp³-hybridized carbons (Fsp3) is 0.255. The molecule has 0 aliphatic heterocycles. The van der Waals surface area contributed by atoms with Crippen molar-refractivity contribution in [2.75, 3.05) is 0 Å². The summed E-state index contributed by atoms with van der Waals surface area (Å²) in [6.07, 6.45) is 0. The summed E-state index contributed by atoms with van der Waals surface area (Å²) in [5, 5.41) is 5.28. The number of rotatable bonds is 1. The Kier molecular flexibility index (Phi) is 15.0. The molecule has 0 spiro atoms. The number of hydrogen-bond acceptors (Lipinski definition) is 0. The molecular formula is C51H60. The minimum Gasteiger partial charge on any atom is -0.0776 e. The van der Waals surface area contributed by atoms with Crippen LogP contribution in [0.1, 0.15) is 110 Å². The molecule has 0 fully saturated rings. The fourth-order valence-electron chi connectivity index (χ4n) is 7.40. The third kappa shape index (κ3) is 7.57. The lowest BCUT2D eigenvalue weighted by Crippen LogP contribution is -2.22. The van der Waals surface area contributed by atoms with Gasteiger partial charge in [-0.05, 0) is 96.7 Å². The Morgan fingerprint density at radius 3 is 1.33 bits per heavy atom. The summed E-state index contributed by atoms with van der Waals surface area (Å²) in [4.78, 5) is 0. The van der Waals surface area contributed by atoms with Crippen LogP contribution in [0.3, 0.4) is 0 Å². The molecule has 1 atom stereocenters. The fourth-order valence-corrected chi connectivity index (χ4v) is 7.40. The zero-order valence-corrected chi connectivity index (χ0v) is 32.0. The second-order valence-electron chi connectivity index (χ2n) is 11.9. The molecule has 0 heterocycles. The van der Waals surface area contributed by atoms with E-state index in [2.05, 4.69) is 166 Å². The van der Waals surface area contributed by atoms with Gasteiger partial charge in [-0.1, -0.05) is 203 Å². The van der Waals surface area contributed by atoms with E-state index in [1.165, 1.54) is 71.6 Å². The Morgan fingerprint density at radius 2 is 0.784 bits per heavy atom. The maximum atomic E-state index is 2.36. The van der Waals surface area contributed by atoms with E-state index in [-0.39, 0.29) is 12.8 Å². The second kappa shape index (κ2) is 18.9. The summed E-state index contributed by atoms with van der Waals surface area (Å²) >= 11 is 0. The molecule has 51 heavy (non-hydrogen) atoms. The van der Waals surface area contributed by atoms with Gasteiger partial charge in [-0.15, -0.1) is 0 Å². The topological polar surface area (TPSA) is 0 Å². The van der Waals surface area contributed by atoms with Crippen molar-refractivity contribution in [1.29, 1.82) is 0 Å². The predicted molar refractivity (Wildman–Crippen MR) is 230 cm³/mol. The number of hydrogen-bond donors (Lipinski definition) is 0. The third-order valence-corrected chi connectivity index (χ3v) is 9.65. The Balaban J connectivity index is 0.000000233. The molecule has 1 unspecified atom stereocenters. The van der Waals surface area contributed by atoms with Crippen LogP contribution in [0.15, 0.2) is 152 Å². The first-order valence-electron chi connectivity index (χ1n) is 18.9. The Hall–Kier alpha value is -4.94. The zero-order valence-electron chi connectivity index (χ0n) is 32.0. The summed E-state index contributed by atoms with van der Waals surface area (Å²) in [5.74, 6) is 0.515. The van der Waals surface area contributed by atoms with E-state index in [1.807, 2.05) is 55.4 Å². The monoisotopic (exact) mass is 672 g/mol. The lowest BCUT2D eigenvalue weighted by Gasteiger charge is -2.28. The highest BCUT2D eigenvalue weighted by Crippen LogP contribution is 2.52.